The molecule has 0 aliphatic carbocycles. The van der Waals surface area contributed by atoms with Crippen LogP contribution in [0.3, 0.4) is 0 Å². The van der Waals surface area contributed by atoms with Crippen molar-refractivity contribution in [3.05, 3.63) is 36.0 Å². The van der Waals surface area contributed by atoms with Crippen LogP contribution >= 0.6 is 11.8 Å². The molecule has 2 heterocycles. The minimum absolute atomic E-state index is 0.00423. The average Bonchev–Trinajstić information content (AvgIpc) is 3.23. The lowest BCUT2D eigenvalue weighted by molar-refractivity contribution is -0.141. The quantitative estimate of drug-likeness (QED) is 0.538. The normalized spacial score (nSPS) is 16.6. The lowest BCUT2D eigenvalue weighted by atomic mass is 10.1. The molecule has 0 radical (unpaired) electrons. The Labute approximate surface area is 170 Å². The number of benzene rings is 1. The third-order valence-electron chi connectivity index (χ3n) is 4.27. The number of ether oxygens (including phenoxy) is 2. The molecule has 3 rings (SSSR count). The van der Waals surface area contributed by atoms with Gasteiger partial charge >= 0.3 is 6.18 Å². The number of nitrogens with zero attached hydrogens (tertiary/aromatic N) is 2. The van der Waals surface area contributed by atoms with E-state index in [0.29, 0.717) is 24.5 Å². The largest absolute Gasteiger partial charge is 0.497 e. The molecule has 0 saturated carbocycles. The topological polar surface area (TPSA) is 73.3 Å². The summed E-state index contributed by atoms with van der Waals surface area (Å²) in [7, 11) is 1.50. The van der Waals surface area contributed by atoms with Crippen LogP contribution in [-0.2, 0) is 15.7 Å². The van der Waals surface area contributed by atoms with Gasteiger partial charge in [0.2, 0.25) is 5.91 Å². The smallest absolute Gasteiger partial charge is 0.433 e. The molecule has 0 unspecified atom stereocenters. The standard InChI is InChI=1S/C19H20F3N3O3S/c1-27-13-6-4-12(5-7-13)15-9-16(19(20,21)22)25-18(24-15)29-11-17(26)23-10-14-3-2-8-28-14/h4-7,9,14H,2-3,8,10-11H2,1H3,(H,23,26)/t14-/m1/s1. The molecule has 1 aromatic carbocycles. The van der Waals surface area contributed by atoms with Crippen molar-refractivity contribution in [2.75, 3.05) is 26.0 Å². The third kappa shape index (κ3) is 6.07. The summed E-state index contributed by atoms with van der Waals surface area (Å²) in [5.74, 6) is 0.185. The van der Waals surface area contributed by atoms with Crippen molar-refractivity contribution in [3.63, 3.8) is 0 Å². The molecule has 1 aliphatic rings. The van der Waals surface area contributed by atoms with E-state index in [2.05, 4.69) is 15.3 Å². The van der Waals surface area contributed by atoms with E-state index in [1.165, 1.54) is 7.11 Å². The molecule has 10 heteroatoms. The first kappa shape index (κ1) is 21.4. The minimum Gasteiger partial charge on any atom is -0.497 e. The minimum atomic E-state index is -4.62. The van der Waals surface area contributed by atoms with E-state index in [4.69, 9.17) is 9.47 Å². The van der Waals surface area contributed by atoms with Crippen LogP contribution in [0.5, 0.6) is 5.75 Å². The summed E-state index contributed by atoms with van der Waals surface area (Å²) in [4.78, 5) is 19.8. The Morgan fingerprint density at radius 2 is 2.07 bits per heavy atom. The number of nitrogens with one attached hydrogen (secondary N) is 1. The van der Waals surface area contributed by atoms with Crippen molar-refractivity contribution < 1.29 is 27.4 Å². The number of methoxy groups -OCH3 is 1. The van der Waals surface area contributed by atoms with Gasteiger partial charge < -0.3 is 14.8 Å². The monoisotopic (exact) mass is 427 g/mol. The van der Waals surface area contributed by atoms with E-state index in [0.717, 1.165) is 30.7 Å². The SMILES string of the molecule is COc1ccc(-c2cc(C(F)(F)F)nc(SCC(=O)NC[C@H]3CCCO3)n2)cc1. The molecule has 2 aromatic rings. The van der Waals surface area contributed by atoms with E-state index in [-0.39, 0.29) is 28.6 Å². The Morgan fingerprint density at radius 3 is 2.69 bits per heavy atom. The van der Waals surface area contributed by atoms with E-state index >= 15 is 0 Å². The van der Waals surface area contributed by atoms with E-state index in [1.807, 2.05) is 0 Å². The summed E-state index contributed by atoms with van der Waals surface area (Å²) in [6.45, 7) is 1.07. The summed E-state index contributed by atoms with van der Waals surface area (Å²) in [6.07, 6.45) is -2.78. The van der Waals surface area contributed by atoms with Gasteiger partial charge in [-0.25, -0.2) is 9.97 Å². The van der Waals surface area contributed by atoms with Gasteiger partial charge in [-0.05, 0) is 43.2 Å². The molecule has 1 saturated heterocycles. The maximum Gasteiger partial charge on any atom is 0.433 e. The lowest BCUT2D eigenvalue weighted by Gasteiger charge is -2.12. The van der Waals surface area contributed by atoms with Crippen LogP contribution in [0.4, 0.5) is 13.2 Å². The second-order valence-electron chi connectivity index (χ2n) is 6.38. The Balaban J connectivity index is 1.71. The fourth-order valence-electron chi connectivity index (χ4n) is 2.76. The number of aromatic nitrogens is 2. The Bertz CT molecular complexity index is 841. The molecule has 1 fully saturated rings. The van der Waals surface area contributed by atoms with Gasteiger partial charge in [-0.3, -0.25) is 4.79 Å². The zero-order chi connectivity index (χ0) is 20.9. The summed E-state index contributed by atoms with van der Waals surface area (Å²) in [6, 6.07) is 7.39. The molecule has 1 aromatic heterocycles. The highest BCUT2D eigenvalue weighted by atomic mass is 32.2. The molecular weight excluding hydrogens is 407 g/mol. The molecule has 0 spiro atoms. The number of thioether (sulfide) groups is 1. The van der Waals surface area contributed by atoms with Crippen LogP contribution in [0.1, 0.15) is 18.5 Å². The van der Waals surface area contributed by atoms with Gasteiger partial charge in [0, 0.05) is 18.7 Å². The second kappa shape index (κ2) is 9.45. The van der Waals surface area contributed by atoms with E-state index in [9.17, 15) is 18.0 Å². The van der Waals surface area contributed by atoms with Gasteiger partial charge in [-0.15, -0.1) is 0 Å². The van der Waals surface area contributed by atoms with E-state index < -0.39 is 11.9 Å². The molecule has 1 atom stereocenters. The number of amides is 1. The number of rotatable bonds is 7. The number of alkyl halides is 3. The maximum atomic E-state index is 13.3. The van der Waals surface area contributed by atoms with Gasteiger partial charge in [0.05, 0.1) is 24.7 Å². The first-order chi connectivity index (χ1) is 13.8. The average molecular weight is 427 g/mol. The van der Waals surface area contributed by atoms with Crippen molar-refractivity contribution >= 4 is 17.7 Å². The van der Waals surface area contributed by atoms with Crippen molar-refractivity contribution in [3.8, 4) is 17.0 Å². The highest BCUT2D eigenvalue weighted by Crippen LogP contribution is 2.32. The van der Waals surface area contributed by atoms with Crippen molar-refractivity contribution in [1.29, 1.82) is 0 Å². The highest BCUT2D eigenvalue weighted by Gasteiger charge is 2.34. The van der Waals surface area contributed by atoms with Crippen LogP contribution in [0.25, 0.3) is 11.3 Å². The van der Waals surface area contributed by atoms with E-state index in [1.54, 1.807) is 24.3 Å². The van der Waals surface area contributed by atoms with Crippen molar-refractivity contribution in [2.45, 2.75) is 30.3 Å². The Kier molecular flexibility index (Phi) is 6.96. The zero-order valence-electron chi connectivity index (χ0n) is 15.7. The molecular formula is C19H20F3N3O3S. The number of carbonyl (C=O) groups excluding carboxylic acids is 1. The molecule has 1 amide bonds. The summed E-state index contributed by atoms with van der Waals surface area (Å²) < 4.78 is 50.3. The molecule has 0 bridgehead atoms. The molecule has 6 nitrogen and oxygen atoms in total. The van der Waals surface area contributed by atoms with Crippen LogP contribution in [0.2, 0.25) is 0 Å². The fraction of sp³-hybridized carbons (Fsp3) is 0.421. The molecule has 29 heavy (non-hydrogen) atoms. The second-order valence-corrected chi connectivity index (χ2v) is 7.32. The summed E-state index contributed by atoms with van der Waals surface area (Å²) in [5.41, 5.74) is -0.443. The maximum absolute atomic E-state index is 13.3. The lowest BCUT2D eigenvalue weighted by Crippen LogP contribution is -2.32. The van der Waals surface area contributed by atoms with Gasteiger partial charge in [0.25, 0.3) is 0 Å². The molecule has 1 N–H and O–H groups in total. The summed E-state index contributed by atoms with van der Waals surface area (Å²) in [5, 5.41) is 2.61. The van der Waals surface area contributed by atoms with Crippen molar-refractivity contribution in [1.82, 2.24) is 15.3 Å². The molecule has 1 aliphatic heterocycles. The number of hydrogen-bond donors (Lipinski definition) is 1. The van der Waals surface area contributed by atoms with Gasteiger partial charge in [-0.2, -0.15) is 13.2 Å². The highest BCUT2D eigenvalue weighted by molar-refractivity contribution is 7.99. The first-order valence-corrected chi connectivity index (χ1v) is 9.95. The van der Waals surface area contributed by atoms with Gasteiger partial charge in [0.1, 0.15) is 11.4 Å². The van der Waals surface area contributed by atoms with Crippen LogP contribution in [0, 0.1) is 0 Å². The van der Waals surface area contributed by atoms with Crippen LogP contribution in [-0.4, -0.2) is 48.0 Å². The first-order valence-electron chi connectivity index (χ1n) is 8.97. The predicted octanol–water partition coefficient (Wildman–Crippen LogP) is 3.56. The Morgan fingerprint density at radius 1 is 1.31 bits per heavy atom. The summed E-state index contributed by atoms with van der Waals surface area (Å²) >= 11 is 0.858. The fourth-order valence-corrected chi connectivity index (χ4v) is 3.45. The Hall–Kier alpha value is -2.33. The number of carbonyl (C=O) groups is 1. The third-order valence-corrected chi connectivity index (χ3v) is 5.11. The van der Waals surface area contributed by atoms with Crippen molar-refractivity contribution in [2.24, 2.45) is 0 Å². The molecule has 156 valence electrons. The zero-order valence-corrected chi connectivity index (χ0v) is 16.5. The van der Waals surface area contributed by atoms with Gasteiger partial charge in [0.15, 0.2) is 5.16 Å². The van der Waals surface area contributed by atoms with Crippen LogP contribution in [0.15, 0.2) is 35.5 Å². The predicted molar refractivity (Wildman–Crippen MR) is 102 cm³/mol. The van der Waals surface area contributed by atoms with Gasteiger partial charge in [-0.1, -0.05) is 11.8 Å². The number of hydrogen-bond acceptors (Lipinski definition) is 6. The number of halogens is 3. The van der Waals surface area contributed by atoms with Crippen LogP contribution < -0.4 is 10.1 Å².